The molecule has 0 aliphatic rings. The third-order valence-electron chi connectivity index (χ3n) is 4.13. The number of nitrogens with zero attached hydrogens (tertiary/aromatic N) is 2. The van der Waals surface area contributed by atoms with Gasteiger partial charge in [-0.05, 0) is 25.1 Å². The molecule has 30 heavy (non-hydrogen) atoms. The molecule has 1 amide bonds. The van der Waals surface area contributed by atoms with Gasteiger partial charge in [-0.2, -0.15) is 5.26 Å². The SMILES string of the molecule is COc1ccc(Cl)cc1NC(=O)[C@H](C)Sc1nc(-c2ccccc2)c(C#N)c(=O)[nH]1. The molecule has 9 heteroatoms. The Hall–Kier alpha value is -3.28. The minimum atomic E-state index is -0.603. The van der Waals surface area contributed by atoms with Crippen molar-refractivity contribution >= 4 is 35.0 Å². The summed E-state index contributed by atoms with van der Waals surface area (Å²) in [7, 11) is 1.49. The van der Waals surface area contributed by atoms with E-state index in [2.05, 4.69) is 15.3 Å². The van der Waals surface area contributed by atoms with Crippen molar-refractivity contribution in [3.63, 3.8) is 0 Å². The van der Waals surface area contributed by atoms with Crippen LogP contribution in [-0.2, 0) is 4.79 Å². The number of aromatic amines is 1. The molecule has 2 N–H and O–H groups in total. The first kappa shape index (κ1) is 21.4. The van der Waals surface area contributed by atoms with Gasteiger partial charge < -0.3 is 15.0 Å². The van der Waals surface area contributed by atoms with Gasteiger partial charge in [-0.15, -0.1) is 0 Å². The number of halogens is 1. The van der Waals surface area contributed by atoms with E-state index >= 15 is 0 Å². The third-order valence-corrected chi connectivity index (χ3v) is 5.35. The Labute approximate surface area is 182 Å². The van der Waals surface area contributed by atoms with Crippen LogP contribution in [0.4, 0.5) is 5.69 Å². The lowest BCUT2D eigenvalue weighted by atomic mass is 10.1. The van der Waals surface area contributed by atoms with Crippen molar-refractivity contribution in [2.24, 2.45) is 0 Å². The fourth-order valence-electron chi connectivity index (χ4n) is 2.65. The molecule has 3 aromatic rings. The lowest BCUT2D eigenvalue weighted by Crippen LogP contribution is -2.24. The largest absolute Gasteiger partial charge is 0.495 e. The van der Waals surface area contributed by atoms with Crippen LogP contribution in [0.2, 0.25) is 5.02 Å². The topological polar surface area (TPSA) is 108 Å². The van der Waals surface area contributed by atoms with Gasteiger partial charge >= 0.3 is 0 Å². The molecular formula is C21H17ClN4O3S. The molecule has 152 valence electrons. The number of amides is 1. The third kappa shape index (κ3) is 4.82. The van der Waals surface area contributed by atoms with Crippen LogP contribution >= 0.6 is 23.4 Å². The second kappa shape index (κ2) is 9.48. The Balaban J connectivity index is 1.85. The van der Waals surface area contributed by atoms with Crippen LogP contribution in [0.15, 0.2) is 58.5 Å². The molecule has 0 spiro atoms. The van der Waals surface area contributed by atoms with E-state index in [4.69, 9.17) is 16.3 Å². The summed E-state index contributed by atoms with van der Waals surface area (Å²) in [6.07, 6.45) is 0. The predicted molar refractivity (Wildman–Crippen MR) is 117 cm³/mol. The average molecular weight is 441 g/mol. The number of carbonyl (C=O) groups excluding carboxylic acids is 1. The van der Waals surface area contributed by atoms with E-state index in [1.807, 2.05) is 12.1 Å². The number of nitrogens with one attached hydrogen (secondary N) is 2. The summed E-state index contributed by atoms with van der Waals surface area (Å²) in [4.78, 5) is 32.0. The zero-order valence-corrected chi connectivity index (χ0v) is 17.7. The summed E-state index contributed by atoms with van der Waals surface area (Å²) in [6, 6.07) is 15.7. The van der Waals surface area contributed by atoms with Crippen molar-refractivity contribution in [3.8, 4) is 23.1 Å². The number of H-pyrrole nitrogens is 1. The summed E-state index contributed by atoms with van der Waals surface area (Å²) < 4.78 is 5.23. The van der Waals surface area contributed by atoms with Gasteiger partial charge in [0.25, 0.3) is 5.56 Å². The van der Waals surface area contributed by atoms with Gasteiger partial charge in [0.15, 0.2) is 5.16 Å². The molecule has 1 atom stereocenters. The standard InChI is InChI=1S/C21H17ClN4O3S/c1-12(19(27)24-16-10-14(22)8-9-17(16)29-2)30-21-25-18(13-6-4-3-5-7-13)15(11-23)20(28)26-21/h3-10,12H,1-2H3,(H,24,27)(H,25,26,28)/t12-/m0/s1. The molecule has 0 aliphatic heterocycles. The number of methoxy groups -OCH3 is 1. The van der Waals surface area contributed by atoms with E-state index in [9.17, 15) is 14.9 Å². The Morgan fingerprint density at radius 1 is 1.30 bits per heavy atom. The highest BCUT2D eigenvalue weighted by atomic mass is 35.5. The van der Waals surface area contributed by atoms with Crippen molar-refractivity contribution in [1.29, 1.82) is 5.26 Å². The maximum Gasteiger partial charge on any atom is 0.270 e. The predicted octanol–water partition coefficient (Wildman–Crippen LogP) is 4.09. The molecule has 1 heterocycles. The normalized spacial score (nSPS) is 11.4. The maximum atomic E-state index is 12.7. The first-order valence-corrected chi connectivity index (χ1v) is 10.1. The lowest BCUT2D eigenvalue weighted by Gasteiger charge is -2.14. The van der Waals surface area contributed by atoms with E-state index in [0.29, 0.717) is 22.0 Å². The minimum Gasteiger partial charge on any atom is -0.495 e. The molecular weight excluding hydrogens is 424 g/mol. The van der Waals surface area contributed by atoms with Crippen molar-refractivity contribution in [3.05, 3.63) is 69.5 Å². The van der Waals surface area contributed by atoms with E-state index in [1.165, 1.54) is 7.11 Å². The Morgan fingerprint density at radius 2 is 2.03 bits per heavy atom. The molecule has 3 rings (SSSR count). The van der Waals surface area contributed by atoms with Crippen LogP contribution < -0.4 is 15.6 Å². The zero-order chi connectivity index (χ0) is 21.7. The van der Waals surface area contributed by atoms with Gasteiger partial charge in [0.05, 0.1) is 23.7 Å². The quantitative estimate of drug-likeness (QED) is 0.441. The Kier molecular flexibility index (Phi) is 6.77. The number of rotatable bonds is 6. The maximum absolute atomic E-state index is 12.7. The van der Waals surface area contributed by atoms with Crippen LogP contribution in [0.5, 0.6) is 5.75 Å². The Morgan fingerprint density at radius 3 is 2.70 bits per heavy atom. The van der Waals surface area contributed by atoms with Gasteiger partial charge in [0.2, 0.25) is 5.91 Å². The zero-order valence-electron chi connectivity index (χ0n) is 16.1. The second-order valence-electron chi connectivity index (χ2n) is 6.17. The fourth-order valence-corrected chi connectivity index (χ4v) is 3.62. The van der Waals surface area contributed by atoms with E-state index in [0.717, 1.165) is 11.8 Å². The first-order valence-electron chi connectivity index (χ1n) is 8.83. The number of anilines is 1. The molecule has 0 aliphatic carbocycles. The molecule has 0 bridgehead atoms. The van der Waals surface area contributed by atoms with Crippen LogP contribution in [0.25, 0.3) is 11.3 Å². The smallest absolute Gasteiger partial charge is 0.270 e. The number of thioether (sulfide) groups is 1. The summed E-state index contributed by atoms with van der Waals surface area (Å²) in [5.41, 5.74) is 0.717. The number of nitriles is 1. The number of hydrogen-bond donors (Lipinski definition) is 2. The molecule has 2 aromatic carbocycles. The summed E-state index contributed by atoms with van der Waals surface area (Å²) in [5.74, 6) is 0.148. The van der Waals surface area contributed by atoms with Crippen molar-refractivity contribution in [1.82, 2.24) is 9.97 Å². The summed E-state index contributed by atoms with van der Waals surface area (Å²) >= 11 is 7.07. The average Bonchev–Trinajstić information content (AvgIpc) is 2.74. The van der Waals surface area contributed by atoms with Crippen LogP contribution in [-0.4, -0.2) is 28.2 Å². The van der Waals surface area contributed by atoms with Gasteiger partial charge in [-0.1, -0.05) is 53.7 Å². The van der Waals surface area contributed by atoms with E-state index in [-0.39, 0.29) is 22.3 Å². The summed E-state index contributed by atoms with van der Waals surface area (Å²) in [6.45, 7) is 1.68. The van der Waals surface area contributed by atoms with E-state index in [1.54, 1.807) is 49.4 Å². The fraction of sp³-hybridized carbons (Fsp3) is 0.143. The highest BCUT2D eigenvalue weighted by Gasteiger charge is 2.20. The molecule has 1 aromatic heterocycles. The molecule has 0 saturated carbocycles. The number of aromatic nitrogens is 2. The van der Waals surface area contributed by atoms with Crippen LogP contribution in [0, 0.1) is 11.3 Å². The van der Waals surface area contributed by atoms with E-state index < -0.39 is 10.8 Å². The van der Waals surface area contributed by atoms with Gasteiger partial charge in [0.1, 0.15) is 17.4 Å². The molecule has 0 fully saturated rings. The lowest BCUT2D eigenvalue weighted by molar-refractivity contribution is -0.115. The second-order valence-corrected chi connectivity index (χ2v) is 7.93. The van der Waals surface area contributed by atoms with Crippen LogP contribution in [0.1, 0.15) is 12.5 Å². The minimum absolute atomic E-state index is 0.0775. The highest BCUT2D eigenvalue weighted by molar-refractivity contribution is 8.00. The summed E-state index contributed by atoms with van der Waals surface area (Å²) in [5, 5.41) is 12.2. The van der Waals surface area contributed by atoms with Crippen LogP contribution in [0.3, 0.4) is 0 Å². The van der Waals surface area contributed by atoms with Crippen molar-refractivity contribution in [2.45, 2.75) is 17.3 Å². The highest BCUT2D eigenvalue weighted by Crippen LogP contribution is 2.29. The Bertz CT molecular complexity index is 1180. The van der Waals surface area contributed by atoms with Crippen molar-refractivity contribution in [2.75, 3.05) is 12.4 Å². The molecule has 0 unspecified atom stereocenters. The monoisotopic (exact) mass is 440 g/mol. The molecule has 0 radical (unpaired) electrons. The number of carbonyl (C=O) groups is 1. The molecule has 0 saturated heterocycles. The number of hydrogen-bond acceptors (Lipinski definition) is 6. The number of benzene rings is 2. The van der Waals surface area contributed by atoms with Gasteiger partial charge in [-0.3, -0.25) is 9.59 Å². The number of ether oxygens (including phenoxy) is 1. The van der Waals surface area contributed by atoms with Gasteiger partial charge in [-0.25, -0.2) is 4.98 Å². The first-order chi connectivity index (χ1) is 14.4. The molecule has 7 nitrogen and oxygen atoms in total. The van der Waals surface area contributed by atoms with Gasteiger partial charge in [0, 0.05) is 10.6 Å². The van der Waals surface area contributed by atoms with Crippen molar-refractivity contribution < 1.29 is 9.53 Å².